The summed E-state index contributed by atoms with van der Waals surface area (Å²) < 4.78 is 6.45. The van der Waals surface area contributed by atoms with Crippen LogP contribution in [0.3, 0.4) is 0 Å². The number of benzene rings is 1. The summed E-state index contributed by atoms with van der Waals surface area (Å²) in [5, 5.41) is 14.0. The second-order valence-electron chi connectivity index (χ2n) is 3.86. The molecule has 5 heteroatoms. The molecular weight excluding hydrogens is 232 g/mol. The van der Waals surface area contributed by atoms with E-state index in [1.165, 1.54) is 18.0 Å². The number of aliphatic hydroxyl groups is 1. The van der Waals surface area contributed by atoms with Crippen LogP contribution in [-0.4, -0.2) is 27.8 Å². The van der Waals surface area contributed by atoms with E-state index in [2.05, 4.69) is 5.10 Å². The zero-order valence-electron chi connectivity index (χ0n) is 10.2. The number of aryl methyl sites for hydroxylation is 1. The van der Waals surface area contributed by atoms with Crippen molar-refractivity contribution in [2.24, 2.45) is 7.05 Å². The molecule has 5 nitrogen and oxygen atoms in total. The highest BCUT2D eigenvalue weighted by molar-refractivity contribution is 6.00. The molecule has 1 N–H and O–H groups in total. The van der Waals surface area contributed by atoms with Crippen molar-refractivity contribution in [3.05, 3.63) is 47.8 Å². The third kappa shape index (κ3) is 2.12. The Kier molecular flexibility index (Phi) is 3.43. The lowest BCUT2D eigenvalue weighted by Crippen LogP contribution is -2.16. The maximum absolute atomic E-state index is 12.2. The standard InChI is InChI=1S/C13H14N2O3/c1-15-11(10(18-2)8-14-15)13(17)12(16)9-6-4-3-5-7-9/h3-8,12,16H,1-2H3. The maximum Gasteiger partial charge on any atom is 0.217 e. The van der Waals surface area contributed by atoms with Crippen molar-refractivity contribution in [1.82, 2.24) is 9.78 Å². The molecule has 1 heterocycles. The minimum Gasteiger partial charge on any atom is -0.493 e. The number of Topliss-reactive ketones (excluding diaryl/α,β-unsaturated/α-hetero) is 1. The molecule has 0 spiro atoms. The molecule has 0 aliphatic carbocycles. The highest BCUT2D eigenvalue weighted by Gasteiger charge is 2.25. The molecule has 0 radical (unpaired) electrons. The van der Waals surface area contributed by atoms with Gasteiger partial charge in [0, 0.05) is 7.05 Å². The van der Waals surface area contributed by atoms with E-state index < -0.39 is 11.9 Å². The van der Waals surface area contributed by atoms with E-state index >= 15 is 0 Å². The molecular formula is C13H14N2O3. The van der Waals surface area contributed by atoms with Gasteiger partial charge in [-0.3, -0.25) is 9.48 Å². The smallest absolute Gasteiger partial charge is 0.217 e. The van der Waals surface area contributed by atoms with E-state index in [9.17, 15) is 9.90 Å². The van der Waals surface area contributed by atoms with Crippen molar-refractivity contribution in [2.45, 2.75) is 6.10 Å². The molecule has 1 atom stereocenters. The number of carbonyl (C=O) groups excluding carboxylic acids is 1. The number of ketones is 1. The molecule has 0 fully saturated rings. The summed E-state index contributed by atoms with van der Waals surface area (Å²) in [4.78, 5) is 12.2. The van der Waals surface area contributed by atoms with Crippen LogP contribution in [0.1, 0.15) is 22.2 Å². The van der Waals surface area contributed by atoms with Crippen molar-refractivity contribution >= 4 is 5.78 Å². The Hall–Kier alpha value is -2.14. The first-order valence-corrected chi connectivity index (χ1v) is 5.48. The van der Waals surface area contributed by atoms with E-state index in [0.29, 0.717) is 11.3 Å². The lowest BCUT2D eigenvalue weighted by atomic mass is 10.0. The Morgan fingerprint density at radius 2 is 2.06 bits per heavy atom. The fraction of sp³-hybridized carbons (Fsp3) is 0.231. The molecule has 0 amide bonds. The summed E-state index contributed by atoms with van der Waals surface area (Å²) in [7, 11) is 3.09. The maximum atomic E-state index is 12.2. The molecule has 0 saturated heterocycles. The Balaban J connectivity index is 2.34. The number of nitrogens with zero attached hydrogens (tertiary/aromatic N) is 2. The van der Waals surface area contributed by atoms with Crippen LogP contribution in [0.4, 0.5) is 0 Å². The van der Waals surface area contributed by atoms with Gasteiger partial charge in [0.15, 0.2) is 5.75 Å². The van der Waals surface area contributed by atoms with Gasteiger partial charge < -0.3 is 9.84 Å². The summed E-state index contributed by atoms with van der Waals surface area (Å²) in [6.45, 7) is 0. The number of methoxy groups -OCH3 is 1. The molecule has 2 aromatic rings. The van der Waals surface area contributed by atoms with Gasteiger partial charge in [-0.25, -0.2) is 0 Å². The van der Waals surface area contributed by atoms with Crippen molar-refractivity contribution in [3.63, 3.8) is 0 Å². The van der Waals surface area contributed by atoms with Gasteiger partial charge in [-0.2, -0.15) is 5.10 Å². The number of aromatic nitrogens is 2. The first-order chi connectivity index (χ1) is 8.65. The van der Waals surface area contributed by atoms with E-state index in [0.717, 1.165) is 0 Å². The zero-order valence-corrected chi connectivity index (χ0v) is 10.2. The quantitative estimate of drug-likeness (QED) is 0.827. The third-order valence-corrected chi connectivity index (χ3v) is 2.72. The SMILES string of the molecule is COc1cnn(C)c1C(=O)C(O)c1ccccc1. The largest absolute Gasteiger partial charge is 0.493 e. The lowest BCUT2D eigenvalue weighted by Gasteiger charge is -2.11. The molecule has 0 bridgehead atoms. The van der Waals surface area contributed by atoms with Gasteiger partial charge in [0.05, 0.1) is 13.3 Å². The zero-order chi connectivity index (χ0) is 13.1. The van der Waals surface area contributed by atoms with E-state index in [4.69, 9.17) is 4.74 Å². The average molecular weight is 246 g/mol. The molecule has 18 heavy (non-hydrogen) atoms. The van der Waals surface area contributed by atoms with Crippen LogP contribution in [0, 0.1) is 0 Å². The van der Waals surface area contributed by atoms with E-state index in [-0.39, 0.29) is 5.69 Å². The summed E-state index contributed by atoms with van der Waals surface area (Å²) in [5.41, 5.74) is 0.805. The topological polar surface area (TPSA) is 64.4 Å². The van der Waals surface area contributed by atoms with Crippen LogP contribution >= 0.6 is 0 Å². The predicted molar refractivity (Wildman–Crippen MR) is 65.5 cm³/mol. The van der Waals surface area contributed by atoms with Gasteiger partial charge >= 0.3 is 0 Å². The number of aliphatic hydroxyl groups excluding tert-OH is 1. The van der Waals surface area contributed by atoms with Crippen molar-refractivity contribution in [3.8, 4) is 5.75 Å². The van der Waals surface area contributed by atoms with Crippen LogP contribution in [0.15, 0.2) is 36.5 Å². The van der Waals surface area contributed by atoms with Crippen LogP contribution in [-0.2, 0) is 7.05 Å². The highest BCUT2D eigenvalue weighted by atomic mass is 16.5. The predicted octanol–water partition coefficient (Wildman–Crippen LogP) is 1.34. The van der Waals surface area contributed by atoms with Gasteiger partial charge in [0.2, 0.25) is 5.78 Å². The average Bonchev–Trinajstić information content (AvgIpc) is 2.79. The van der Waals surface area contributed by atoms with Crippen LogP contribution in [0.25, 0.3) is 0 Å². The molecule has 1 aromatic carbocycles. The number of rotatable bonds is 4. The second-order valence-corrected chi connectivity index (χ2v) is 3.86. The Labute approximate surface area is 105 Å². The van der Waals surface area contributed by atoms with Crippen LogP contribution < -0.4 is 4.74 Å². The molecule has 94 valence electrons. The van der Waals surface area contributed by atoms with Crippen molar-refractivity contribution in [2.75, 3.05) is 7.11 Å². The first kappa shape index (κ1) is 12.3. The fourth-order valence-electron chi connectivity index (χ4n) is 1.76. The van der Waals surface area contributed by atoms with Gasteiger partial charge in [0.25, 0.3) is 0 Å². The lowest BCUT2D eigenvalue weighted by molar-refractivity contribution is 0.0733. The Morgan fingerprint density at radius 1 is 1.39 bits per heavy atom. The summed E-state index contributed by atoms with van der Waals surface area (Å²) >= 11 is 0. The van der Waals surface area contributed by atoms with Crippen LogP contribution in [0.5, 0.6) is 5.75 Å². The molecule has 1 aromatic heterocycles. The fourth-order valence-corrected chi connectivity index (χ4v) is 1.76. The van der Waals surface area contributed by atoms with Crippen LogP contribution in [0.2, 0.25) is 0 Å². The van der Waals surface area contributed by atoms with Gasteiger partial charge in [-0.05, 0) is 5.56 Å². The number of hydrogen-bond donors (Lipinski definition) is 1. The van der Waals surface area contributed by atoms with Crippen molar-refractivity contribution < 1.29 is 14.6 Å². The van der Waals surface area contributed by atoms with Crippen molar-refractivity contribution in [1.29, 1.82) is 0 Å². The first-order valence-electron chi connectivity index (χ1n) is 5.48. The molecule has 1 unspecified atom stereocenters. The minimum absolute atomic E-state index is 0.258. The number of ether oxygens (including phenoxy) is 1. The van der Waals surface area contributed by atoms with Gasteiger partial charge in [-0.15, -0.1) is 0 Å². The van der Waals surface area contributed by atoms with E-state index in [1.54, 1.807) is 31.3 Å². The van der Waals surface area contributed by atoms with Gasteiger partial charge in [0.1, 0.15) is 11.8 Å². The Bertz CT molecular complexity index is 549. The van der Waals surface area contributed by atoms with Gasteiger partial charge in [-0.1, -0.05) is 30.3 Å². The number of hydrogen-bond acceptors (Lipinski definition) is 4. The third-order valence-electron chi connectivity index (χ3n) is 2.72. The summed E-state index contributed by atoms with van der Waals surface area (Å²) in [6, 6.07) is 8.76. The molecule has 0 aliphatic heterocycles. The summed E-state index contributed by atoms with van der Waals surface area (Å²) in [6.07, 6.45) is 0.237. The summed E-state index contributed by atoms with van der Waals surface area (Å²) in [5.74, 6) is -0.0736. The highest BCUT2D eigenvalue weighted by Crippen LogP contribution is 2.24. The number of carbonyl (C=O) groups is 1. The molecule has 0 saturated carbocycles. The second kappa shape index (κ2) is 5.01. The van der Waals surface area contributed by atoms with E-state index in [1.807, 2.05) is 6.07 Å². The molecule has 0 aliphatic rings. The minimum atomic E-state index is -1.21. The normalized spacial score (nSPS) is 12.2. The monoisotopic (exact) mass is 246 g/mol. The Morgan fingerprint density at radius 3 is 2.67 bits per heavy atom. The molecule has 2 rings (SSSR count).